The molecule has 1 atom stereocenters. The number of benzene rings is 1. The smallest absolute Gasteiger partial charge is 0.329 e. The fourth-order valence-electron chi connectivity index (χ4n) is 2.00. The number of phenolic OH excluding ortho intramolecular Hbond substituents is 1. The number of rotatable bonds is 3. The van der Waals surface area contributed by atoms with Gasteiger partial charge in [-0.1, -0.05) is 32.9 Å². The average Bonchev–Trinajstić information content (AvgIpc) is 2.79. The highest BCUT2D eigenvalue weighted by atomic mass is 32.2. The van der Waals surface area contributed by atoms with Crippen molar-refractivity contribution in [3.05, 3.63) is 29.3 Å². The number of aromatic hydroxyl groups is 1. The van der Waals surface area contributed by atoms with Gasteiger partial charge in [-0.15, -0.1) is 11.8 Å². The summed E-state index contributed by atoms with van der Waals surface area (Å²) in [7, 11) is 0. The van der Waals surface area contributed by atoms with E-state index in [2.05, 4.69) is 25.8 Å². The molecule has 0 aliphatic carbocycles. The van der Waals surface area contributed by atoms with Gasteiger partial charge in [-0.25, -0.2) is 4.79 Å². The van der Waals surface area contributed by atoms with Crippen LogP contribution in [0, 0.1) is 0 Å². The molecule has 20 heavy (non-hydrogen) atoms. The Labute approximate surface area is 122 Å². The van der Waals surface area contributed by atoms with E-state index in [4.69, 9.17) is 5.11 Å². The third kappa shape index (κ3) is 3.33. The molecule has 1 aliphatic rings. The van der Waals surface area contributed by atoms with E-state index in [0.29, 0.717) is 12.2 Å². The minimum Gasteiger partial charge on any atom is -0.508 e. The molecular formula is C15H19NO3S. The van der Waals surface area contributed by atoms with Crippen LogP contribution in [0.25, 0.3) is 0 Å². The normalized spacial score (nSPS) is 18.9. The van der Waals surface area contributed by atoms with Crippen LogP contribution in [-0.2, 0) is 16.6 Å². The summed E-state index contributed by atoms with van der Waals surface area (Å²) in [6.45, 7) is 6.35. The van der Waals surface area contributed by atoms with E-state index in [1.54, 1.807) is 6.07 Å². The molecular weight excluding hydrogens is 274 g/mol. The SMILES string of the molecule is CC(C)(C)c1ccc(O)c(CC2=N[C@H](C(=O)O)CS2)c1. The molecule has 5 heteroatoms. The molecule has 0 saturated heterocycles. The molecule has 1 aliphatic heterocycles. The Morgan fingerprint density at radius 1 is 1.45 bits per heavy atom. The molecule has 0 spiro atoms. The summed E-state index contributed by atoms with van der Waals surface area (Å²) in [5.41, 5.74) is 1.95. The molecule has 0 amide bonds. The number of thioether (sulfide) groups is 1. The summed E-state index contributed by atoms with van der Waals surface area (Å²) in [5, 5.41) is 19.7. The predicted octanol–water partition coefficient (Wildman–Crippen LogP) is 2.83. The highest BCUT2D eigenvalue weighted by molar-refractivity contribution is 8.14. The molecule has 0 bridgehead atoms. The summed E-state index contributed by atoms with van der Waals surface area (Å²) in [4.78, 5) is 15.1. The first-order valence-corrected chi connectivity index (χ1v) is 7.50. The van der Waals surface area contributed by atoms with Gasteiger partial charge in [0, 0.05) is 17.7 Å². The Morgan fingerprint density at radius 2 is 2.15 bits per heavy atom. The van der Waals surface area contributed by atoms with E-state index in [0.717, 1.165) is 16.2 Å². The fraction of sp³-hybridized carbons (Fsp3) is 0.467. The minimum absolute atomic E-state index is 0.0106. The molecule has 108 valence electrons. The molecule has 2 rings (SSSR count). The molecule has 0 radical (unpaired) electrons. The van der Waals surface area contributed by atoms with Crippen LogP contribution in [0.2, 0.25) is 0 Å². The number of hydrogen-bond donors (Lipinski definition) is 2. The van der Waals surface area contributed by atoms with Crippen LogP contribution < -0.4 is 0 Å². The lowest BCUT2D eigenvalue weighted by atomic mass is 9.86. The summed E-state index contributed by atoms with van der Waals surface area (Å²) < 4.78 is 0. The highest BCUT2D eigenvalue weighted by Gasteiger charge is 2.25. The Hall–Kier alpha value is -1.49. The maximum absolute atomic E-state index is 10.9. The maximum Gasteiger partial charge on any atom is 0.329 e. The van der Waals surface area contributed by atoms with Crippen LogP contribution in [0.15, 0.2) is 23.2 Å². The molecule has 1 aromatic carbocycles. The third-order valence-electron chi connectivity index (χ3n) is 3.28. The lowest BCUT2D eigenvalue weighted by molar-refractivity contribution is -0.137. The maximum atomic E-state index is 10.9. The second-order valence-corrected chi connectivity index (χ2v) is 7.05. The van der Waals surface area contributed by atoms with Crippen molar-refractivity contribution >= 4 is 22.8 Å². The number of carboxylic acid groups (broad SMARTS) is 1. The van der Waals surface area contributed by atoms with Crippen molar-refractivity contribution in [3.63, 3.8) is 0 Å². The number of hydrogen-bond acceptors (Lipinski definition) is 4. The van der Waals surface area contributed by atoms with E-state index >= 15 is 0 Å². The van der Waals surface area contributed by atoms with Crippen molar-refractivity contribution in [1.29, 1.82) is 0 Å². The Balaban J connectivity index is 2.22. The van der Waals surface area contributed by atoms with Crippen molar-refractivity contribution in [2.45, 2.75) is 38.6 Å². The summed E-state index contributed by atoms with van der Waals surface area (Å²) in [6, 6.07) is 4.95. The zero-order chi connectivity index (χ0) is 14.9. The molecule has 4 nitrogen and oxygen atoms in total. The number of carboxylic acids is 1. The zero-order valence-electron chi connectivity index (χ0n) is 11.9. The van der Waals surface area contributed by atoms with Gasteiger partial charge in [0.15, 0.2) is 6.04 Å². The van der Waals surface area contributed by atoms with Crippen LogP contribution in [0.4, 0.5) is 0 Å². The lowest BCUT2D eigenvalue weighted by Gasteiger charge is -2.20. The topological polar surface area (TPSA) is 69.9 Å². The Kier molecular flexibility index (Phi) is 4.09. The van der Waals surface area contributed by atoms with Crippen molar-refractivity contribution in [3.8, 4) is 5.75 Å². The Morgan fingerprint density at radius 3 is 2.70 bits per heavy atom. The van der Waals surface area contributed by atoms with E-state index in [9.17, 15) is 9.90 Å². The zero-order valence-corrected chi connectivity index (χ0v) is 12.7. The van der Waals surface area contributed by atoms with Crippen LogP contribution in [-0.4, -0.2) is 33.0 Å². The van der Waals surface area contributed by atoms with E-state index in [-0.39, 0.29) is 11.2 Å². The van der Waals surface area contributed by atoms with Gasteiger partial charge in [-0.2, -0.15) is 0 Å². The first-order chi connectivity index (χ1) is 9.27. The van der Waals surface area contributed by atoms with E-state index < -0.39 is 12.0 Å². The van der Waals surface area contributed by atoms with Crippen LogP contribution in [0.5, 0.6) is 5.75 Å². The second-order valence-electron chi connectivity index (χ2n) is 5.96. The summed E-state index contributed by atoms with van der Waals surface area (Å²) in [6.07, 6.45) is 0.490. The minimum atomic E-state index is -0.889. The van der Waals surface area contributed by atoms with Gasteiger partial charge in [0.1, 0.15) is 5.75 Å². The largest absolute Gasteiger partial charge is 0.508 e. The van der Waals surface area contributed by atoms with Crippen LogP contribution in [0.3, 0.4) is 0 Å². The number of aliphatic imine (C=N–C) groups is 1. The first kappa shape index (κ1) is 14.9. The molecule has 1 heterocycles. The lowest BCUT2D eigenvalue weighted by Crippen LogP contribution is -2.17. The third-order valence-corrected chi connectivity index (χ3v) is 4.35. The number of nitrogens with zero attached hydrogens (tertiary/aromatic N) is 1. The molecule has 0 saturated carbocycles. The van der Waals surface area contributed by atoms with Crippen molar-refractivity contribution in [2.75, 3.05) is 5.75 Å². The van der Waals surface area contributed by atoms with Crippen LogP contribution in [0.1, 0.15) is 31.9 Å². The van der Waals surface area contributed by atoms with Crippen molar-refractivity contribution < 1.29 is 15.0 Å². The van der Waals surface area contributed by atoms with Gasteiger partial charge < -0.3 is 10.2 Å². The van der Waals surface area contributed by atoms with E-state index in [1.807, 2.05) is 12.1 Å². The standard InChI is InChI=1S/C15H19NO3S/c1-15(2,3)10-4-5-12(17)9(6-10)7-13-16-11(8-20-13)14(18)19/h4-6,11,17H,7-8H2,1-3H3,(H,18,19)/t11-/m0/s1. The van der Waals surface area contributed by atoms with Gasteiger partial charge >= 0.3 is 5.97 Å². The van der Waals surface area contributed by atoms with Gasteiger partial charge in [-0.05, 0) is 17.0 Å². The summed E-state index contributed by atoms with van der Waals surface area (Å²) >= 11 is 1.45. The first-order valence-electron chi connectivity index (χ1n) is 6.52. The number of phenols is 1. The number of carbonyl (C=O) groups is 1. The van der Waals surface area contributed by atoms with Gasteiger partial charge in [-0.3, -0.25) is 4.99 Å². The number of aliphatic carboxylic acids is 1. The second kappa shape index (κ2) is 5.48. The molecule has 0 unspecified atom stereocenters. The van der Waals surface area contributed by atoms with Crippen LogP contribution >= 0.6 is 11.8 Å². The monoisotopic (exact) mass is 293 g/mol. The van der Waals surface area contributed by atoms with Gasteiger partial charge in [0.25, 0.3) is 0 Å². The molecule has 0 aromatic heterocycles. The van der Waals surface area contributed by atoms with Crippen molar-refractivity contribution in [2.24, 2.45) is 4.99 Å². The van der Waals surface area contributed by atoms with Crippen molar-refractivity contribution in [1.82, 2.24) is 0 Å². The highest BCUT2D eigenvalue weighted by Crippen LogP contribution is 2.30. The van der Waals surface area contributed by atoms with E-state index in [1.165, 1.54) is 11.8 Å². The van der Waals surface area contributed by atoms with Gasteiger partial charge in [0.2, 0.25) is 0 Å². The average molecular weight is 293 g/mol. The molecule has 2 N–H and O–H groups in total. The predicted molar refractivity (Wildman–Crippen MR) is 81.8 cm³/mol. The molecule has 0 fully saturated rings. The summed E-state index contributed by atoms with van der Waals surface area (Å²) in [5.74, 6) is -0.176. The fourth-order valence-corrected chi connectivity index (χ4v) is 3.03. The van der Waals surface area contributed by atoms with Gasteiger partial charge in [0.05, 0.1) is 5.04 Å². The quantitative estimate of drug-likeness (QED) is 0.899. The molecule has 1 aromatic rings. The Bertz CT molecular complexity index is 561.